The van der Waals surface area contributed by atoms with Gasteiger partial charge in [-0.15, -0.1) is 5.10 Å². The fraction of sp³-hybridized carbons (Fsp3) is 0.385. The van der Waals surface area contributed by atoms with Gasteiger partial charge in [-0.05, 0) is 6.42 Å². The van der Waals surface area contributed by atoms with Gasteiger partial charge >= 0.3 is 0 Å². The third kappa shape index (κ3) is 2.89. The smallest absolute Gasteiger partial charge is 0.292 e. The van der Waals surface area contributed by atoms with Crippen LogP contribution in [0, 0.1) is 0 Å². The first-order chi connectivity index (χ1) is 9.04. The van der Waals surface area contributed by atoms with Gasteiger partial charge in [-0.3, -0.25) is 0 Å². The normalized spacial score (nSPS) is 11.7. The Labute approximate surface area is 110 Å². The van der Waals surface area contributed by atoms with E-state index in [4.69, 9.17) is 5.73 Å². The van der Waals surface area contributed by atoms with Crippen LogP contribution in [-0.2, 0) is 18.9 Å². The monoisotopic (exact) mass is 266 g/mol. The zero-order valence-corrected chi connectivity index (χ0v) is 10.7. The lowest BCUT2D eigenvalue weighted by atomic mass is 10.1. The van der Waals surface area contributed by atoms with Crippen molar-refractivity contribution in [2.24, 2.45) is 0 Å². The molecule has 2 N–H and O–H groups in total. The lowest BCUT2D eigenvalue weighted by Gasteiger charge is -2.17. The number of hydrogen-bond donors (Lipinski definition) is 1. The molecule has 19 heavy (non-hydrogen) atoms. The van der Waals surface area contributed by atoms with Crippen molar-refractivity contribution in [2.45, 2.75) is 32.2 Å². The molecule has 102 valence electrons. The second kappa shape index (κ2) is 5.34. The highest BCUT2D eigenvalue weighted by molar-refractivity contribution is 5.33. The number of aromatic nitrogens is 3. The Bertz CT molecular complexity index is 537. The molecule has 0 fully saturated rings. The van der Waals surface area contributed by atoms with E-state index in [0.29, 0.717) is 12.1 Å². The van der Waals surface area contributed by atoms with Gasteiger partial charge in [0.25, 0.3) is 5.92 Å². The predicted molar refractivity (Wildman–Crippen MR) is 68.8 cm³/mol. The van der Waals surface area contributed by atoms with Crippen LogP contribution in [0.15, 0.2) is 30.3 Å². The molecule has 0 spiro atoms. The van der Waals surface area contributed by atoms with Crippen molar-refractivity contribution in [1.29, 1.82) is 0 Å². The molecule has 0 amide bonds. The van der Waals surface area contributed by atoms with Crippen molar-refractivity contribution < 1.29 is 8.78 Å². The Kier molecular flexibility index (Phi) is 3.78. The molecule has 0 unspecified atom stereocenters. The van der Waals surface area contributed by atoms with Crippen LogP contribution in [0.1, 0.15) is 24.6 Å². The fourth-order valence-corrected chi connectivity index (χ4v) is 1.93. The Hall–Kier alpha value is -1.98. The Morgan fingerprint density at radius 1 is 1.26 bits per heavy atom. The van der Waals surface area contributed by atoms with Crippen LogP contribution in [0.25, 0.3) is 0 Å². The molecule has 0 aliphatic heterocycles. The quantitative estimate of drug-likeness (QED) is 0.905. The van der Waals surface area contributed by atoms with Crippen LogP contribution in [-0.4, -0.2) is 15.0 Å². The van der Waals surface area contributed by atoms with Gasteiger partial charge in [0.1, 0.15) is 6.54 Å². The van der Waals surface area contributed by atoms with Crippen molar-refractivity contribution >= 4 is 5.82 Å². The van der Waals surface area contributed by atoms with E-state index < -0.39 is 12.5 Å². The number of benzene rings is 1. The Balaban J connectivity index is 2.25. The van der Waals surface area contributed by atoms with Gasteiger partial charge in [0.05, 0.1) is 5.69 Å². The van der Waals surface area contributed by atoms with Crippen molar-refractivity contribution in [1.82, 2.24) is 15.0 Å². The Morgan fingerprint density at radius 2 is 1.95 bits per heavy atom. The van der Waals surface area contributed by atoms with Gasteiger partial charge in [0.15, 0.2) is 5.82 Å². The maximum atomic E-state index is 14.1. The number of rotatable bonds is 5. The molecule has 2 aromatic rings. The topological polar surface area (TPSA) is 56.7 Å². The number of hydrogen-bond acceptors (Lipinski definition) is 3. The summed E-state index contributed by atoms with van der Waals surface area (Å²) in [5.41, 5.74) is 6.18. The molecule has 0 saturated heterocycles. The van der Waals surface area contributed by atoms with Crippen LogP contribution in [0.2, 0.25) is 0 Å². The highest BCUT2D eigenvalue weighted by atomic mass is 19.3. The summed E-state index contributed by atoms with van der Waals surface area (Å²) in [6, 6.07) is 7.69. The van der Waals surface area contributed by atoms with Gasteiger partial charge in [-0.2, -0.15) is 8.78 Å². The molecule has 0 bridgehead atoms. The second-order valence-electron chi connectivity index (χ2n) is 4.40. The highest BCUT2D eigenvalue weighted by Crippen LogP contribution is 2.30. The van der Waals surface area contributed by atoms with E-state index >= 15 is 0 Å². The number of nitrogens with zero attached hydrogens (tertiary/aromatic N) is 3. The third-order valence-corrected chi connectivity index (χ3v) is 2.90. The average molecular weight is 266 g/mol. The van der Waals surface area contributed by atoms with Crippen LogP contribution in [0.5, 0.6) is 0 Å². The molecule has 0 aliphatic carbocycles. The molecular weight excluding hydrogens is 250 g/mol. The van der Waals surface area contributed by atoms with E-state index in [1.165, 1.54) is 16.8 Å². The fourth-order valence-electron chi connectivity index (χ4n) is 1.93. The van der Waals surface area contributed by atoms with Crippen LogP contribution in [0.4, 0.5) is 14.6 Å². The first-order valence-corrected chi connectivity index (χ1v) is 6.15. The number of nitrogen functional groups attached to an aromatic ring is 1. The van der Waals surface area contributed by atoms with Crippen molar-refractivity contribution in [3.05, 3.63) is 41.6 Å². The molecule has 4 nitrogen and oxygen atoms in total. The van der Waals surface area contributed by atoms with Crippen molar-refractivity contribution in [3.63, 3.8) is 0 Å². The van der Waals surface area contributed by atoms with Gasteiger partial charge in [0.2, 0.25) is 0 Å². The lowest BCUT2D eigenvalue weighted by Crippen LogP contribution is -2.23. The van der Waals surface area contributed by atoms with E-state index in [-0.39, 0.29) is 11.4 Å². The number of anilines is 1. The van der Waals surface area contributed by atoms with Gasteiger partial charge < -0.3 is 5.73 Å². The maximum absolute atomic E-state index is 14.1. The van der Waals surface area contributed by atoms with Gasteiger partial charge in [-0.1, -0.05) is 48.9 Å². The molecule has 0 atom stereocenters. The summed E-state index contributed by atoms with van der Waals surface area (Å²) in [7, 11) is 0. The highest BCUT2D eigenvalue weighted by Gasteiger charge is 2.33. The van der Waals surface area contributed by atoms with Crippen LogP contribution < -0.4 is 5.73 Å². The van der Waals surface area contributed by atoms with Crippen molar-refractivity contribution in [3.8, 4) is 0 Å². The third-order valence-electron chi connectivity index (χ3n) is 2.90. The van der Waals surface area contributed by atoms with E-state index in [2.05, 4.69) is 10.3 Å². The lowest BCUT2D eigenvalue weighted by molar-refractivity contribution is -0.0265. The first-order valence-electron chi connectivity index (χ1n) is 6.15. The van der Waals surface area contributed by atoms with E-state index in [0.717, 1.165) is 6.42 Å². The molecule has 1 aromatic carbocycles. The van der Waals surface area contributed by atoms with E-state index in [1.807, 2.05) is 6.92 Å². The summed E-state index contributed by atoms with van der Waals surface area (Å²) >= 11 is 0. The average Bonchev–Trinajstić information content (AvgIpc) is 2.73. The predicted octanol–water partition coefficient (Wildman–Crippen LogP) is 2.60. The van der Waals surface area contributed by atoms with Gasteiger partial charge in [-0.25, -0.2) is 4.68 Å². The SMILES string of the molecule is CCCc1c(N)nnn1CC(F)(F)c1ccccc1. The summed E-state index contributed by atoms with van der Waals surface area (Å²) in [6.07, 6.45) is 1.39. The zero-order chi connectivity index (χ0) is 13.9. The van der Waals surface area contributed by atoms with Crippen molar-refractivity contribution in [2.75, 3.05) is 5.73 Å². The molecule has 6 heteroatoms. The van der Waals surface area contributed by atoms with Crippen LogP contribution in [0.3, 0.4) is 0 Å². The first kappa shape index (κ1) is 13.5. The van der Waals surface area contributed by atoms with Gasteiger partial charge in [0, 0.05) is 5.56 Å². The summed E-state index contributed by atoms with van der Waals surface area (Å²) < 4.78 is 29.5. The second-order valence-corrected chi connectivity index (χ2v) is 4.40. The minimum Gasteiger partial charge on any atom is -0.381 e. The molecular formula is C13H16F2N4. The van der Waals surface area contributed by atoms with E-state index in [1.54, 1.807) is 18.2 Å². The minimum atomic E-state index is -3.00. The maximum Gasteiger partial charge on any atom is 0.292 e. The van der Waals surface area contributed by atoms with E-state index in [9.17, 15) is 8.78 Å². The summed E-state index contributed by atoms with van der Waals surface area (Å²) in [4.78, 5) is 0. The minimum absolute atomic E-state index is 0.0356. The summed E-state index contributed by atoms with van der Waals surface area (Å²) in [6.45, 7) is 1.41. The van der Waals surface area contributed by atoms with Crippen LogP contribution >= 0.6 is 0 Å². The Morgan fingerprint density at radius 3 is 2.58 bits per heavy atom. The summed E-state index contributed by atoms with van der Waals surface area (Å²) in [5, 5.41) is 7.38. The molecule has 0 aliphatic rings. The number of alkyl halides is 2. The molecule has 1 heterocycles. The molecule has 1 aromatic heterocycles. The standard InChI is InChI=1S/C13H16F2N4/c1-2-6-11-12(16)17-18-19(11)9-13(14,15)10-7-4-3-5-8-10/h3-5,7-8H,2,6,9,16H2,1H3. The number of nitrogens with two attached hydrogens (primary N) is 1. The zero-order valence-electron chi connectivity index (χ0n) is 10.7. The molecule has 0 radical (unpaired) electrons. The summed E-state index contributed by atoms with van der Waals surface area (Å²) in [5.74, 6) is -2.77. The number of halogens is 2. The molecule has 0 saturated carbocycles. The largest absolute Gasteiger partial charge is 0.381 e. The molecule has 2 rings (SSSR count).